The zero-order valence-corrected chi connectivity index (χ0v) is 14.4. The van der Waals surface area contributed by atoms with E-state index in [2.05, 4.69) is 4.90 Å². The highest BCUT2D eigenvalue weighted by Gasteiger charge is 2.21. The van der Waals surface area contributed by atoms with Crippen molar-refractivity contribution in [3.05, 3.63) is 70.3 Å². The number of nitro benzene ring substituents is 1. The van der Waals surface area contributed by atoms with Gasteiger partial charge >= 0.3 is 6.09 Å². The lowest BCUT2D eigenvalue weighted by atomic mass is 10.2. The minimum absolute atomic E-state index is 0.102. The summed E-state index contributed by atoms with van der Waals surface area (Å²) in [5, 5.41) is 10.9. The molecular weight excluding hydrogens is 334 g/mol. The second-order valence-electron chi connectivity index (χ2n) is 6.22. The van der Waals surface area contributed by atoms with Gasteiger partial charge in [-0.25, -0.2) is 4.79 Å². The molecule has 1 heterocycles. The molecule has 136 valence electrons. The molecule has 0 atom stereocenters. The molecule has 7 nitrogen and oxygen atoms in total. The summed E-state index contributed by atoms with van der Waals surface area (Å²) in [4.78, 5) is 26.7. The number of carbonyl (C=O) groups is 1. The predicted molar refractivity (Wildman–Crippen MR) is 97.0 cm³/mol. The summed E-state index contributed by atoms with van der Waals surface area (Å²) in [5.74, 6) is 0.537. The van der Waals surface area contributed by atoms with Crippen molar-refractivity contribution in [3.8, 4) is 5.75 Å². The zero-order valence-electron chi connectivity index (χ0n) is 14.4. The Bertz CT molecular complexity index is 766. The summed E-state index contributed by atoms with van der Waals surface area (Å²) in [6.45, 7) is 3.37. The molecule has 2 aromatic rings. The smallest absolute Gasteiger partial charge is 0.410 e. The first-order valence-corrected chi connectivity index (χ1v) is 8.59. The van der Waals surface area contributed by atoms with E-state index in [-0.39, 0.29) is 16.7 Å². The molecular formula is C19H21N3O4. The van der Waals surface area contributed by atoms with Gasteiger partial charge in [0.05, 0.1) is 4.92 Å². The standard InChI is InChI=1S/C19H21N3O4/c23-19(26-18-8-2-1-3-9-18)21-11-5-10-20(12-13-21)15-16-6-4-7-17(14-16)22(24)25/h1-4,6-9,14H,5,10-13,15H2. The third-order valence-electron chi connectivity index (χ3n) is 4.32. The van der Waals surface area contributed by atoms with Crippen LogP contribution in [0.5, 0.6) is 5.75 Å². The lowest BCUT2D eigenvalue weighted by Gasteiger charge is -2.21. The lowest BCUT2D eigenvalue weighted by molar-refractivity contribution is -0.384. The van der Waals surface area contributed by atoms with Gasteiger partial charge in [0, 0.05) is 44.9 Å². The Morgan fingerprint density at radius 1 is 1.04 bits per heavy atom. The number of para-hydroxylation sites is 1. The quantitative estimate of drug-likeness (QED) is 0.621. The highest BCUT2D eigenvalue weighted by molar-refractivity contribution is 5.70. The number of rotatable bonds is 4. The Kier molecular flexibility index (Phi) is 5.80. The number of non-ortho nitro benzene ring substituents is 1. The molecule has 0 unspecified atom stereocenters. The van der Waals surface area contributed by atoms with E-state index in [9.17, 15) is 14.9 Å². The monoisotopic (exact) mass is 355 g/mol. The molecule has 1 aliphatic rings. The maximum absolute atomic E-state index is 12.3. The predicted octanol–water partition coefficient (Wildman–Crippen LogP) is 3.30. The van der Waals surface area contributed by atoms with Crippen molar-refractivity contribution in [1.82, 2.24) is 9.80 Å². The van der Waals surface area contributed by atoms with Crippen LogP contribution in [0, 0.1) is 10.1 Å². The number of nitro groups is 1. The first-order valence-electron chi connectivity index (χ1n) is 8.59. The van der Waals surface area contributed by atoms with E-state index in [1.165, 1.54) is 6.07 Å². The van der Waals surface area contributed by atoms with Gasteiger partial charge in [0.15, 0.2) is 0 Å². The van der Waals surface area contributed by atoms with Gasteiger partial charge in [-0.15, -0.1) is 0 Å². The van der Waals surface area contributed by atoms with Crippen molar-refractivity contribution in [2.45, 2.75) is 13.0 Å². The van der Waals surface area contributed by atoms with Crippen LogP contribution in [0.15, 0.2) is 54.6 Å². The summed E-state index contributed by atoms with van der Waals surface area (Å²) in [5.41, 5.74) is 1.00. The number of hydrogen-bond donors (Lipinski definition) is 0. The Morgan fingerprint density at radius 3 is 2.62 bits per heavy atom. The number of hydrogen-bond acceptors (Lipinski definition) is 5. The van der Waals surface area contributed by atoms with E-state index in [4.69, 9.17) is 4.74 Å². The van der Waals surface area contributed by atoms with Crippen LogP contribution in [0.25, 0.3) is 0 Å². The molecule has 1 aliphatic heterocycles. The van der Waals surface area contributed by atoms with Crippen molar-refractivity contribution < 1.29 is 14.5 Å². The average Bonchev–Trinajstić information content (AvgIpc) is 2.88. The van der Waals surface area contributed by atoms with Crippen molar-refractivity contribution in [3.63, 3.8) is 0 Å². The SMILES string of the molecule is O=C(Oc1ccccc1)N1CCCN(Cc2cccc([N+](=O)[O-])c2)CC1. The summed E-state index contributed by atoms with van der Waals surface area (Å²) in [7, 11) is 0. The Balaban J connectivity index is 1.55. The molecule has 2 aromatic carbocycles. The molecule has 0 N–H and O–H groups in total. The minimum atomic E-state index is -0.382. The van der Waals surface area contributed by atoms with Crippen molar-refractivity contribution in [2.75, 3.05) is 26.2 Å². The second kappa shape index (κ2) is 8.44. The molecule has 0 saturated carbocycles. The summed E-state index contributed by atoms with van der Waals surface area (Å²) in [6, 6.07) is 15.7. The number of amides is 1. The number of carbonyl (C=O) groups excluding carboxylic acids is 1. The van der Waals surface area contributed by atoms with Gasteiger partial charge in [-0.05, 0) is 24.1 Å². The van der Waals surface area contributed by atoms with E-state index in [1.807, 2.05) is 24.3 Å². The van der Waals surface area contributed by atoms with E-state index in [0.717, 1.165) is 18.5 Å². The number of ether oxygens (including phenoxy) is 1. The maximum atomic E-state index is 12.3. The third-order valence-corrected chi connectivity index (χ3v) is 4.32. The van der Waals surface area contributed by atoms with Gasteiger partial charge in [-0.2, -0.15) is 0 Å². The molecule has 0 spiro atoms. The van der Waals surface area contributed by atoms with Crippen LogP contribution >= 0.6 is 0 Å². The molecule has 0 aliphatic carbocycles. The van der Waals surface area contributed by atoms with Crippen molar-refractivity contribution >= 4 is 11.8 Å². The van der Waals surface area contributed by atoms with Crippen LogP contribution in [0.1, 0.15) is 12.0 Å². The maximum Gasteiger partial charge on any atom is 0.415 e. The van der Waals surface area contributed by atoms with Crippen molar-refractivity contribution in [1.29, 1.82) is 0 Å². The zero-order chi connectivity index (χ0) is 18.4. The summed E-state index contributed by atoms with van der Waals surface area (Å²) in [6.07, 6.45) is 0.493. The first-order chi connectivity index (χ1) is 12.6. The van der Waals surface area contributed by atoms with E-state index in [0.29, 0.717) is 31.9 Å². The van der Waals surface area contributed by atoms with Crippen LogP contribution in [0.2, 0.25) is 0 Å². The molecule has 0 bridgehead atoms. The van der Waals surface area contributed by atoms with Gasteiger partial charge in [-0.1, -0.05) is 30.3 Å². The van der Waals surface area contributed by atoms with Crippen LogP contribution in [-0.2, 0) is 6.54 Å². The van der Waals surface area contributed by atoms with Crippen LogP contribution in [0.4, 0.5) is 10.5 Å². The van der Waals surface area contributed by atoms with Gasteiger partial charge in [0.1, 0.15) is 5.75 Å². The van der Waals surface area contributed by atoms with Crippen LogP contribution in [0.3, 0.4) is 0 Å². The average molecular weight is 355 g/mol. The van der Waals surface area contributed by atoms with Gasteiger partial charge in [0.2, 0.25) is 0 Å². The molecule has 0 radical (unpaired) electrons. The molecule has 1 saturated heterocycles. The topological polar surface area (TPSA) is 75.9 Å². The Morgan fingerprint density at radius 2 is 1.85 bits per heavy atom. The fraction of sp³-hybridized carbons (Fsp3) is 0.316. The summed E-state index contributed by atoms with van der Waals surface area (Å²) >= 11 is 0. The lowest BCUT2D eigenvalue weighted by Crippen LogP contribution is -2.36. The fourth-order valence-corrected chi connectivity index (χ4v) is 2.99. The molecule has 1 fully saturated rings. The van der Waals surface area contributed by atoms with Crippen LogP contribution < -0.4 is 4.74 Å². The Labute approximate surface area is 151 Å². The van der Waals surface area contributed by atoms with E-state index < -0.39 is 0 Å². The molecule has 26 heavy (non-hydrogen) atoms. The third kappa shape index (κ3) is 4.80. The van der Waals surface area contributed by atoms with Gasteiger partial charge in [0.25, 0.3) is 5.69 Å². The molecule has 1 amide bonds. The normalized spacial score (nSPS) is 15.3. The highest BCUT2D eigenvalue weighted by atomic mass is 16.6. The van der Waals surface area contributed by atoms with Crippen molar-refractivity contribution in [2.24, 2.45) is 0 Å². The molecule has 7 heteroatoms. The number of nitrogens with zero attached hydrogens (tertiary/aromatic N) is 3. The van der Waals surface area contributed by atoms with Gasteiger partial charge in [-0.3, -0.25) is 15.0 Å². The Hall–Kier alpha value is -2.93. The largest absolute Gasteiger partial charge is 0.415 e. The summed E-state index contributed by atoms with van der Waals surface area (Å²) < 4.78 is 5.40. The van der Waals surface area contributed by atoms with Crippen LogP contribution in [-0.4, -0.2) is 47.0 Å². The van der Waals surface area contributed by atoms with Gasteiger partial charge < -0.3 is 9.64 Å². The highest BCUT2D eigenvalue weighted by Crippen LogP contribution is 2.16. The minimum Gasteiger partial charge on any atom is -0.410 e. The van der Waals surface area contributed by atoms with E-state index >= 15 is 0 Å². The number of benzene rings is 2. The first kappa shape index (κ1) is 17.9. The molecule has 0 aromatic heterocycles. The fourth-order valence-electron chi connectivity index (χ4n) is 2.99. The second-order valence-corrected chi connectivity index (χ2v) is 6.22. The van der Waals surface area contributed by atoms with E-state index in [1.54, 1.807) is 29.2 Å². The molecule has 3 rings (SSSR count).